The molecule has 0 saturated heterocycles. The van der Waals surface area contributed by atoms with Gasteiger partial charge in [0, 0.05) is 25.6 Å². The Hall–Kier alpha value is -0.750. The van der Waals surface area contributed by atoms with Crippen molar-refractivity contribution in [3.8, 4) is 0 Å². The standard InChI is InChI=1S/C8H17F2N3O/c1-6(8(12)14)4-13(3-2-11)5-7(9)10/h6-7H,2-5,11H2,1H3,(H2,12,14). The normalized spacial score (nSPS) is 13.6. The second kappa shape index (κ2) is 6.67. The van der Waals surface area contributed by atoms with Gasteiger partial charge >= 0.3 is 0 Å². The first kappa shape index (κ1) is 13.2. The van der Waals surface area contributed by atoms with Crippen molar-refractivity contribution in [1.29, 1.82) is 0 Å². The van der Waals surface area contributed by atoms with Gasteiger partial charge in [0.15, 0.2) is 0 Å². The van der Waals surface area contributed by atoms with Crippen LogP contribution in [0, 0.1) is 5.92 Å². The molecular weight excluding hydrogens is 192 g/mol. The van der Waals surface area contributed by atoms with Gasteiger partial charge in [0.1, 0.15) is 0 Å². The number of hydrogen-bond acceptors (Lipinski definition) is 3. The molecule has 0 spiro atoms. The Morgan fingerprint density at radius 2 is 2.00 bits per heavy atom. The van der Waals surface area contributed by atoms with E-state index in [4.69, 9.17) is 11.5 Å². The lowest BCUT2D eigenvalue weighted by molar-refractivity contribution is -0.122. The van der Waals surface area contributed by atoms with E-state index < -0.39 is 18.3 Å². The molecule has 4 N–H and O–H groups in total. The van der Waals surface area contributed by atoms with E-state index in [1.54, 1.807) is 6.92 Å². The topological polar surface area (TPSA) is 72.3 Å². The van der Waals surface area contributed by atoms with Gasteiger partial charge in [0.05, 0.1) is 6.54 Å². The highest BCUT2D eigenvalue weighted by Gasteiger charge is 2.17. The lowest BCUT2D eigenvalue weighted by Crippen LogP contribution is -2.40. The summed E-state index contributed by atoms with van der Waals surface area (Å²) >= 11 is 0. The molecule has 6 heteroatoms. The van der Waals surface area contributed by atoms with E-state index in [1.165, 1.54) is 4.90 Å². The van der Waals surface area contributed by atoms with Crippen LogP contribution in [0.3, 0.4) is 0 Å². The summed E-state index contributed by atoms with van der Waals surface area (Å²) in [5.74, 6) is -0.915. The largest absolute Gasteiger partial charge is 0.369 e. The summed E-state index contributed by atoms with van der Waals surface area (Å²) in [6, 6.07) is 0. The molecule has 0 heterocycles. The fourth-order valence-corrected chi connectivity index (χ4v) is 1.11. The van der Waals surface area contributed by atoms with Gasteiger partial charge in [-0.1, -0.05) is 6.92 Å². The zero-order chi connectivity index (χ0) is 11.1. The van der Waals surface area contributed by atoms with Crippen molar-refractivity contribution in [3.05, 3.63) is 0 Å². The number of primary amides is 1. The third kappa shape index (κ3) is 5.82. The van der Waals surface area contributed by atoms with Crippen LogP contribution in [-0.4, -0.2) is 43.4 Å². The first-order chi connectivity index (χ1) is 6.47. The molecule has 0 aliphatic carbocycles. The molecule has 0 aliphatic rings. The zero-order valence-electron chi connectivity index (χ0n) is 8.25. The number of halogens is 2. The highest BCUT2D eigenvalue weighted by molar-refractivity contribution is 5.76. The van der Waals surface area contributed by atoms with Gasteiger partial charge in [-0.3, -0.25) is 9.69 Å². The number of nitrogens with zero attached hydrogens (tertiary/aromatic N) is 1. The number of carbonyl (C=O) groups is 1. The minimum atomic E-state index is -2.42. The van der Waals surface area contributed by atoms with Crippen molar-refractivity contribution < 1.29 is 13.6 Å². The van der Waals surface area contributed by atoms with Gasteiger partial charge in [0.25, 0.3) is 6.43 Å². The van der Waals surface area contributed by atoms with Crippen molar-refractivity contribution in [2.75, 3.05) is 26.2 Å². The molecule has 0 aromatic carbocycles. The summed E-state index contributed by atoms with van der Waals surface area (Å²) in [6.45, 7) is 2.11. The minimum Gasteiger partial charge on any atom is -0.369 e. The van der Waals surface area contributed by atoms with Gasteiger partial charge in [-0.2, -0.15) is 0 Å². The second-order valence-electron chi connectivity index (χ2n) is 3.24. The van der Waals surface area contributed by atoms with Gasteiger partial charge in [-0.15, -0.1) is 0 Å². The summed E-state index contributed by atoms with van der Waals surface area (Å²) in [4.78, 5) is 12.1. The highest BCUT2D eigenvalue weighted by atomic mass is 19.3. The van der Waals surface area contributed by atoms with E-state index in [1.807, 2.05) is 0 Å². The van der Waals surface area contributed by atoms with Crippen LogP contribution >= 0.6 is 0 Å². The Bertz CT molecular complexity index is 178. The SMILES string of the molecule is CC(CN(CCN)CC(F)F)C(N)=O. The van der Waals surface area contributed by atoms with Crippen LogP contribution in [0.2, 0.25) is 0 Å². The van der Waals surface area contributed by atoms with Gasteiger partial charge in [-0.25, -0.2) is 8.78 Å². The highest BCUT2D eigenvalue weighted by Crippen LogP contribution is 2.02. The van der Waals surface area contributed by atoms with E-state index in [9.17, 15) is 13.6 Å². The minimum absolute atomic E-state index is 0.233. The van der Waals surface area contributed by atoms with Crippen LogP contribution in [0.25, 0.3) is 0 Å². The van der Waals surface area contributed by atoms with E-state index in [0.717, 1.165) is 0 Å². The molecule has 0 radical (unpaired) electrons. The van der Waals surface area contributed by atoms with Crippen molar-refractivity contribution in [3.63, 3.8) is 0 Å². The third-order valence-electron chi connectivity index (χ3n) is 1.86. The van der Waals surface area contributed by atoms with Crippen LogP contribution in [0.4, 0.5) is 8.78 Å². The maximum Gasteiger partial charge on any atom is 0.251 e. The van der Waals surface area contributed by atoms with Crippen LogP contribution in [0.15, 0.2) is 0 Å². The maximum absolute atomic E-state index is 12.1. The number of hydrogen-bond donors (Lipinski definition) is 2. The zero-order valence-corrected chi connectivity index (χ0v) is 8.25. The summed E-state index contributed by atoms with van der Waals surface area (Å²) in [7, 11) is 0. The Labute approximate surface area is 82.2 Å². The summed E-state index contributed by atoms with van der Waals surface area (Å²) in [5, 5.41) is 0. The van der Waals surface area contributed by atoms with Crippen LogP contribution in [-0.2, 0) is 4.79 Å². The molecule has 84 valence electrons. The number of alkyl halides is 2. The first-order valence-electron chi connectivity index (χ1n) is 4.47. The molecule has 0 saturated carbocycles. The lowest BCUT2D eigenvalue weighted by atomic mass is 10.1. The molecule has 0 bridgehead atoms. The molecule has 0 aromatic rings. The van der Waals surface area contributed by atoms with Crippen LogP contribution < -0.4 is 11.5 Å². The fraction of sp³-hybridized carbons (Fsp3) is 0.875. The molecule has 1 unspecified atom stereocenters. The molecular formula is C8H17F2N3O. The van der Waals surface area contributed by atoms with Crippen LogP contribution in [0.1, 0.15) is 6.92 Å². The Morgan fingerprint density at radius 3 is 2.36 bits per heavy atom. The Kier molecular flexibility index (Phi) is 6.31. The third-order valence-corrected chi connectivity index (χ3v) is 1.86. The molecule has 1 amide bonds. The van der Waals surface area contributed by atoms with Crippen molar-refractivity contribution in [2.24, 2.45) is 17.4 Å². The van der Waals surface area contributed by atoms with Gasteiger partial charge < -0.3 is 11.5 Å². The van der Waals surface area contributed by atoms with Crippen molar-refractivity contribution in [1.82, 2.24) is 4.90 Å². The number of carbonyl (C=O) groups excluding carboxylic acids is 1. The predicted octanol–water partition coefficient (Wildman–Crippen LogP) is -0.366. The number of rotatable bonds is 7. The first-order valence-corrected chi connectivity index (χ1v) is 4.47. The van der Waals surface area contributed by atoms with E-state index in [2.05, 4.69) is 0 Å². The van der Waals surface area contributed by atoms with Crippen molar-refractivity contribution in [2.45, 2.75) is 13.3 Å². The van der Waals surface area contributed by atoms with Gasteiger partial charge in [0.2, 0.25) is 5.91 Å². The smallest absolute Gasteiger partial charge is 0.251 e. The van der Waals surface area contributed by atoms with Crippen LogP contribution in [0.5, 0.6) is 0 Å². The van der Waals surface area contributed by atoms with Crippen molar-refractivity contribution >= 4 is 5.91 Å². The average Bonchev–Trinajstić information content (AvgIpc) is 2.02. The second-order valence-corrected chi connectivity index (χ2v) is 3.24. The monoisotopic (exact) mass is 209 g/mol. The Balaban J connectivity index is 4.01. The molecule has 0 fully saturated rings. The van der Waals surface area contributed by atoms with E-state index in [0.29, 0.717) is 6.54 Å². The number of nitrogens with two attached hydrogens (primary N) is 2. The molecule has 0 aromatic heterocycles. The Morgan fingerprint density at radius 1 is 1.43 bits per heavy atom. The molecule has 1 atom stereocenters. The maximum atomic E-state index is 12.1. The molecule has 0 rings (SSSR count). The predicted molar refractivity (Wildman–Crippen MR) is 49.9 cm³/mol. The molecule has 0 aliphatic heterocycles. The lowest BCUT2D eigenvalue weighted by Gasteiger charge is -2.23. The van der Waals surface area contributed by atoms with E-state index >= 15 is 0 Å². The summed E-state index contributed by atoms with van der Waals surface area (Å²) < 4.78 is 24.1. The molecule has 4 nitrogen and oxygen atoms in total. The molecule has 14 heavy (non-hydrogen) atoms. The van der Waals surface area contributed by atoms with E-state index in [-0.39, 0.29) is 19.6 Å². The average molecular weight is 209 g/mol. The fourth-order valence-electron chi connectivity index (χ4n) is 1.11. The summed E-state index contributed by atoms with van der Waals surface area (Å²) in [6.07, 6.45) is -2.42. The number of amides is 1. The van der Waals surface area contributed by atoms with Gasteiger partial charge in [-0.05, 0) is 0 Å². The summed E-state index contributed by atoms with van der Waals surface area (Å²) in [5.41, 5.74) is 10.3. The quantitative estimate of drug-likeness (QED) is 0.601.